The van der Waals surface area contributed by atoms with E-state index in [2.05, 4.69) is 36.2 Å². The highest BCUT2D eigenvalue weighted by Gasteiger charge is 2.45. The third-order valence-electron chi connectivity index (χ3n) is 4.59. The van der Waals surface area contributed by atoms with E-state index in [1.54, 1.807) is 0 Å². The first-order valence-electron chi connectivity index (χ1n) is 7.11. The van der Waals surface area contributed by atoms with Crippen molar-refractivity contribution in [3.63, 3.8) is 0 Å². The third kappa shape index (κ3) is 2.34. The zero-order valence-corrected chi connectivity index (χ0v) is 11.7. The summed E-state index contributed by atoms with van der Waals surface area (Å²) in [7, 11) is 0. The van der Waals surface area contributed by atoms with Gasteiger partial charge >= 0.3 is 0 Å². The zero-order chi connectivity index (χ0) is 12.8. The van der Waals surface area contributed by atoms with Crippen LogP contribution in [0.15, 0.2) is 16.5 Å². The Balaban J connectivity index is 1.69. The lowest BCUT2D eigenvalue weighted by atomic mass is 9.91. The number of nitrogens with one attached hydrogen (secondary N) is 1. The van der Waals surface area contributed by atoms with Crippen LogP contribution in [0.2, 0.25) is 0 Å². The second kappa shape index (κ2) is 4.39. The van der Waals surface area contributed by atoms with Gasteiger partial charge in [-0.2, -0.15) is 0 Å². The van der Waals surface area contributed by atoms with E-state index in [1.165, 1.54) is 12.8 Å². The summed E-state index contributed by atoms with van der Waals surface area (Å²) >= 11 is 0. The number of rotatable bonds is 3. The van der Waals surface area contributed by atoms with Gasteiger partial charge in [0, 0.05) is 24.7 Å². The Bertz CT molecular complexity index is 424. The molecule has 0 radical (unpaired) electrons. The second-order valence-corrected chi connectivity index (χ2v) is 6.34. The summed E-state index contributed by atoms with van der Waals surface area (Å²) in [5, 5.41) is 3.76. The van der Waals surface area contributed by atoms with Crippen LogP contribution in [0.5, 0.6) is 0 Å². The first-order valence-corrected chi connectivity index (χ1v) is 7.11. The van der Waals surface area contributed by atoms with Crippen molar-refractivity contribution in [3.05, 3.63) is 23.7 Å². The zero-order valence-electron chi connectivity index (χ0n) is 11.7. The monoisotopic (exact) mass is 248 g/mol. The molecule has 3 nitrogen and oxygen atoms in total. The molecular weight excluding hydrogens is 224 g/mol. The van der Waals surface area contributed by atoms with Crippen LogP contribution in [0.4, 0.5) is 0 Å². The molecule has 2 aliphatic rings. The number of furan rings is 1. The largest absolute Gasteiger partial charge is 0.465 e. The molecule has 2 fully saturated rings. The maximum Gasteiger partial charge on any atom is 0.118 e. The number of hydrogen-bond donors (Lipinski definition) is 1. The van der Waals surface area contributed by atoms with E-state index in [9.17, 15) is 0 Å². The maximum atomic E-state index is 5.72. The molecule has 1 aromatic heterocycles. The molecule has 3 rings (SSSR count). The van der Waals surface area contributed by atoms with E-state index in [0.29, 0.717) is 11.6 Å². The fraction of sp³-hybridized carbons (Fsp3) is 0.733. The SMILES string of the molecule is Cc1ccc(CN2CC(C)(C3CC3)NCC2C)o1. The van der Waals surface area contributed by atoms with Crippen LogP contribution in [0.3, 0.4) is 0 Å². The Morgan fingerprint density at radius 1 is 1.44 bits per heavy atom. The average Bonchev–Trinajstić information content (AvgIpc) is 3.10. The molecule has 0 amide bonds. The van der Waals surface area contributed by atoms with Gasteiger partial charge in [-0.25, -0.2) is 0 Å². The van der Waals surface area contributed by atoms with E-state index in [-0.39, 0.29) is 0 Å². The van der Waals surface area contributed by atoms with Crippen LogP contribution < -0.4 is 5.32 Å². The Labute approximate surface area is 110 Å². The fourth-order valence-electron chi connectivity index (χ4n) is 3.12. The number of nitrogens with zero attached hydrogens (tertiary/aromatic N) is 1. The average molecular weight is 248 g/mol. The molecule has 1 N–H and O–H groups in total. The molecule has 1 aromatic rings. The van der Waals surface area contributed by atoms with Gasteiger partial charge in [0.2, 0.25) is 0 Å². The molecular formula is C15H24N2O. The summed E-state index contributed by atoms with van der Waals surface area (Å²) in [4.78, 5) is 2.56. The van der Waals surface area contributed by atoms with E-state index < -0.39 is 0 Å². The molecule has 18 heavy (non-hydrogen) atoms. The Morgan fingerprint density at radius 2 is 2.22 bits per heavy atom. The predicted molar refractivity (Wildman–Crippen MR) is 72.4 cm³/mol. The van der Waals surface area contributed by atoms with Gasteiger partial charge in [0.1, 0.15) is 11.5 Å². The highest BCUT2D eigenvalue weighted by atomic mass is 16.3. The Morgan fingerprint density at radius 3 is 2.83 bits per heavy atom. The van der Waals surface area contributed by atoms with E-state index in [0.717, 1.165) is 37.1 Å². The molecule has 2 heterocycles. The van der Waals surface area contributed by atoms with Crippen molar-refractivity contribution < 1.29 is 4.42 Å². The third-order valence-corrected chi connectivity index (χ3v) is 4.59. The van der Waals surface area contributed by atoms with Gasteiger partial charge in [-0.3, -0.25) is 4.90 Å². The smallest absolute Gasteiger partial charge is 0.118 e. The lowest BCUT2D eigenvalue weighted by molar-refractivity contribution is 0.0710. The standard InChI is InChI=1S/C15H24N2O/c1-11-8-16-15(3,13-5-6-13)10-17(11)9-14-7-4-12(2)18-14/h4,7,11,13,16H,5-6,8-10H2,1-3H3. The van der Waals surface area contributed by atoms with E-state index >= 15 is 0 Å². The minimum absolute atomic E-state index is 0.314. The highest BCUT2D eigenvalue weighted by molar-refractivity contribution is 5.08. The molecule has 100 valence electrons. The Kier molecular flexibility index (Phi) is 2.99. The first-order chi connectivity index (χ1) is 8.57. The summed E-state index contributed by atoms with van der Waals surface area (Å²) in [5.74, 6) is 2.99. The van der Waals surface area contributed by atoms with Crippen LogP contribution in [-0.4, -0.2) is 29.6 Å². The molecule has 0 bridgehead atoms. The van der Waals surface area contributed by atoms with Gasteiger partial charge in [-0.05, 0) is 51.7 Å². The van der Waals surface area contributed by atoms with Crippen molar-refractivity contribution in [2.24, 2.45) is 5.92 Å². The quantitative estimate of drug-likeness (QED) is 0.891. The number of piperazine rings is 1. The second-order valence-electron chi connectivity index (χ2n) is 6.34. The van der Waals surface area contributed by atoms with Crippen molar-refractivity contribution in [1.29, 1.82) is 0 Å². The Hall–Kier alpha value is -0.800. The van der Waals surface area contributed by atoms with Gasteiger partial charge in [0.25, 0.3) is 0 Å². The van der Waals surface area contributed by atoms with Crippen molar-refractivity contribution in [2.45, 2.75) is 51.7 Å². The minimum Gasteiger partial charge on any atom is -0.465 e. The van der Waals surface area contributed by atoms with Crippen LogP contribution in [0.1, 0.15) is 38.2 Å². The first kappa shape index (κ1) is 12.2. The highest BCUT2D eigenvalue weighted by Crippen LogP contribution is 2.41. The summed E-state index contributed by atoms with van der Waals surface area (Å²) in [6, 6.07) is 4.75. The normalized spacial score (nSPS) is 33.8. The van der Waals surface area contributed by atoms with Gasteiger partial charge in [-0.1, -0.05) is 0 Å². The predicted octanol–water partition coefficient (Wildman–Crippen LogP) is 2.55. The number of hydrogen-bond acceptors (Lipinski definition) is 3. The minimum atomic E-state index is 0.314. The lowest BCUT2D eigenvalue weighted by Crippen LogP contribution is -2.62. The molecule has 2 unspecified atom stereocenters. The molecule has 1 aliphatic heterocycles. The van der Waals surface area contributed by atoms with E-state index in [4.69, 9.17) is 4.42 Å². The summed E-state index contributed by atoms with van der Waals surface area (Å²) in [6.45, 7) is 9.87. The van der Waals surface area contributed by atoms with Gasteiger partial charge < -0.3 is 9.73 Å². The summed E-state index contributed by atoms with van der Waals surface area (Å²) in [6.07, 6.45) is 2.79. The van der Waals surface area contributed by atoms with Gasteiger partial charge in [0.15, 0.2) is 0 Å². The lowest BCUT2D eigenvalue weighted by Gasteiger charge is -2.45. The van der Waals surface area contributed by atoms with Crippen LogP contribution in [0.25, 0.3) is 0 Å². The number of aryl methyl sites for hydroxylation is 1. The molecule has 1 aliphatic carbocycles. The topological polar surface area (TPSA) is 28.4 Å². The van der Waals surface area contributed by atoms with Crippen LogP contribution in [-0.2, 0) is 6.54 Å². The molecule has 0 spiro atoms. The molecule has 1 saturated heterocycles. The summed E-state index contributed by atoms with van der Waals surface area (Å²) < 4.78 is 5.72. The van der Waals surface area contributed by atoms with Crippen LogP contribution in [0, 0.1) is 12.8 Å². The van der Waals surface area contributed by atoms with Gasteiger partial charge in [0.05, 0.1) is 6.54 Å². The molecule has 1 saturated carbocycles. The van der Waals surface area contributed by atoms with Crippen molar-refractivity contribution >= 4 is 0 Å². The molecule has 3 heteroatoms. The van der Waals surface area contributed by atoms with Gasteiger partial charge in [-0.15, -0.1) is 0 Å². The van der Waals surface area contributed by atoms with Crippen molar-refractivity contribution in [3.8, 4) is 0 Å². The van der Waals surface area contributed by atoms with Crippen molar-refractivity contribution in [1.82, 2.24) is 10.2 Å². The van der Waals surface area contributed by atoms with E-state index in [1.807, 2.05) is 6.92 Å². The summed E-state index contributed by atoms with van der Waals surface area (Å²) in [5.41, 5.74) is 0.314. The maximum absolute atomic E-state index is 5.72. The fourth-order valence-corrected chi connectivity index (χ4v) is 3.12. The van der Waals surface area contributed by atoms with Crippen LogP contribution >= 0.6 is 0 Å². The molecule has 2 atom stereocenters. The van der Waals surface area contributed by atoms with Crippen molar-refractivity contribution in [2.75, 3.05) is 13.1 Å². The molecule has 0 aromatic carbocycles.